The lowest BCUT2D eigenvalue weighted by Gasteiger charge is -2.06. The molecule has 3 aromatic rings. The molecular formula is C17H16ClN3. The van der Waals surface area contributed by atoms with Gasteiger partial charge in [0.15, 0.2) is 0 Å². The molecule has 0 saturated heterocycles. The summed E-state index contributed by atoms with van der Waals surface area (Å²) in [5, 5.41) is 8.44. The van der Waals surface area contributed by atoms with Gasteiger partial charge in [0, 0.05) is 18.3 Å². The van der Waals surface area contributed by atoms with E-state index in [1.165, 1.54) is 5.56 Å². The average Bonchev–Trinajstić information content (AvgIpc) is 2.95. The summed E-state index contributed by atoms with van der Waals surface area (Å²) in [6.07, 6.45) is 3.93. The Balaban J connectivity index is 1.62. The minimum absolute atomic E-state index is 0.707. The first-order valence-corrected chi connectivity index (χ1v) is 7.23. The average molecular weight is 298 g/mol. The number of nitrogens with one attached hydrogen (secondary N) is 1. The molecule has 0 aliphatic rings. The van der Waals surface area contributed by atoms with Crippen LogP contribution in [0.1, 0.15) is 11.1 Å². The van der Waals surface area contributed by atoms with Crippen molar-refractivity contribution in [2.45, 2.75) is 13.1 Å². The van der Waals surface area contributed by atoms with Gasteiger partial charge in [-0.25, -0.2) is 0 Å². The second-order valence-electron chi connectivity index (χ2n) is 4.87. The first-order valence-electron chi connectivity index (χ1n) is 6.85. The highest BCUT2D eigenvalue weighted by Gasteiger charge is 2.02. The van der Waals surface area contributed by atoms with Gasteiger partial charge in [-0.05, 0) is 17.7 Å². The summed E-state index contributed by atoms with van der Waals surface area (Å²) in [6.45, 7) is 1.49. The zero-order valence-electron chi connectivity index (χ0n) is 11.5. The van der Waals surface area contributed by atoms with Gasteiger partial charge in [-0.2, -0.15) is 5.10 Å². The molecule has 0 aliphatic carbocycles. The van der Waals surface area contributed by atoms with E-state index < -0.39 is 0 Å². The smallest absolute Gasteiger partial charge is 0.0659 e. The Labute approximate surface area is 129 Å². The monoisotopic (exact) mass is 297 g/mol. The third kappa shape index (κ3) is 3.64. The Morgan fingerprint density at radius 1 is 0.952 bits per heavy atom. The summed E-state index contributed by atoms with van der Waals surface area (Å²) in [6, 6.07) is 18.0. The summed E-state index contributed by atoms with van der Waals surface area (Å²) in [7, 11) is 0. The molecule has 0 fully saturated rings. The quantitative estimate of drug-likeness (QED) is 0.765. The Morgan fingerprint density at radius 2 is 1.71 bits per heavy atom. The van der Waals surface area contributed by atoms with Crippen LogP contribution in [0.25, 0.3) is 0 Å². The van der Waals surface area contributed by atoms with E-state index in [1.807, 2.05) is 53.3 Å². The summed E-state index contributed by atoms with van der Waals surface area (Å²) in [5.41, 5.74) is 3.31. The molecule has 0 amide bonds. The fourth-order valence-corrected chi connectivity index (χ4v) is 2.36. The maximum atomic E-state index is 6.12. The van der Waals surface area contributed by atoms with Crippen LogP contribution in [0.4, 0.5) is 5.69 Å². The highest BCUT2D eigenvalue weighted by molar-refractivity contribution is 6.33. The van der Waals surface area contributed by atoms with Crippen LogP contribution in [0, 0.1) is 0 Å². The predicted octanol–water partition coefficient (Wildman–Crippen LogP) is 4.20. The molecule has 0 radical (unpaired) electrons. The van der Waals surface area contributed by atoms with E-state index in [1.54, 1.807) is 0 Å². The largest absolute Gasteiger partial charge is 0.380 e. The van der Waals surface area contributed by atoms with E-state index in [2.05, 4.69) is 28.7 Å². The lowest BCUT2D eigenvalue weighted by atomic mass is 10.2. The minimum Gasteiger partial charge on any atom is -0.380 e. The normalized spacial score (nSPS) is 10.5. The Bertz CT molecular complexity index is 707. The Hall–Kier alpha value is -2.26. The fourth-order valence-electron chi connectivity index (χ4n) is 2.16. The van der Waals surface area contributed by atoms with E-state index in [0.717, 1.165) is 22.8 Å². The van der Waals surface area contributed by atoms with Gasteiger partial charge in [0.1, 0.15) is 0 Å². The van der Waals surface area contributed by atoms with Crippen molar-refractivity contribution < 1.29 is 0 Å². The minimum atomic E-state index is 0.707. The summed E-state index contributed by atoms with van der Waals surface area (Å²) in [5.74, 6) is 0. The van der Waals surface area contributed by atoms with Gasteiger partial charge in [0.2, 0.25) is 0 Å². The Kier molecular flexibility index (Phi) is 4.22. The molecular weight excluding hydrogens is 282 g/mol. The molecule has 1 N–H and O–H groups in total. The molecule has 21 heavy (non-hydrogen) atoms. The molecule has 1 aromatic heterocycles. The number of benzene rings is 2. The van der Waals surface area contributed by atoms with E-state index in [0.29, 0.717) is 6.54 Å². The van der Waals surface area contributed by atoms with Crippen molar-refractivity contribution in [3.05, 3.63) is 83.1 Å². The lowest BCUT2D eigenvalue weighted by Crippen LogP contribution is -2.00. The maximum Gasteiger partial charge on any atom is 0.0659 e. The predicted molar refractivity (Wildman–Crippen MR) is 86.5 cm³/mol. The molecule has 0 atom stereocenters. The summed E-state index contributed by atoms with van der Waals surface area (Å²) < 4.78 is 1.94. The van der Waals surface area contributed by atoms with Crippen LogP contribution in [-0.4, -0.2) is 9.78 Å². The van der Waals surface area contributed by atoms with Gasteiger partial charge in [-0.3, -0.25) is 4.68 Å². The SMILES string of the molecule is Clc1ccccc1NCc1cnn(Cc2ccccc2)c1. The number of halogens is 1. The fraction of sp³-hybridized carbons (Fsp3) is 0.118. The molecule has 0 unspecified atom stereocenters. The highest BCUT2D eigenvalue weighted by atomic mass is 35.5. The second-order valence-corrected chi connectivity index (χ2v) is 5.27. The van der Waals surface area contributed by atoms with E-state index in [4.69, 9.17) is 11.6 Å². The number of hydrogen-bond acceptors (Lipinski definition) is 2. The number of rotatable bonds is 5. The van der Waals surface area contributed by atoms with Gasteiger partial charge in [0.25, 0.3) is 0 Å². The van der Waals surface area contributed by atoms with Crippen molar-refractivity contribution in [3.63, 3.8) is 0 Å². The van der Waals surface area contributed by atoms with Crippen LogP contribution < -0.4 is 5.32 Å². The Morgan fingerprint density at radius 3 is 2.52 bits per heavy atom. The van der Waals surface area contributed by atoms with E-state index in [9.17, 15) is 0 Å². The van der Waals surface area contributed by atoms with Crippen LogP contribution >= 0.6 is 11.6 Å². The standard InChI is InChI=1S/C17H16ClN3/c18-16-8-4-5-9-17(16)19-10-15-11-20-21(13-15)12-14-6-2-1-3-7-14/h1-9,11,13,19H,10,12H2. The molecule has 1 heterocycles. The number of hydrogen-bond donors (Lipinski definition) is 1. The maximum absolute atomic E-state index is 6.12. The molecule has 4 heteroatoms. The zero-order chi connectivity index (χ0) is 14.5. The molecule has 0 aliphatic heterocycles. The summed E-state index contributed by atoms with van der Waals surface area (Å²) >= 11 is 6.12. The molecule has 0 saturated carbocycles. The van der Waals surface area contributed by atoms with Gasteiger partial charge < -0.3 is 5.32 Å². The van der Waals surface area contributed by atoms with Gasteiger partial charge in [-0.1, -0.05) is 54.1 Å². The number of anilines is 1. The molecule has 0 spiro atoms. The molecule has 3 nitrogen and oxygen atoms in total. The van der Waals surface area contributed by atoms with Crippen molar-refractivity contribution in [2.24, 2.45) is 0 Å². The van der Waals surface area contributed by atoms with E-state index >= 15 is 0 Å². The van der Waals surface area contributed by atoms with Crippen LogP contribution in [-0.2, 0) is 13.1 Å². The van der Waals surface area contributed by atoms with Crippen LogP contribution in [0.5, 0.6) is 0 Å². The topological polar surface area (TPSA) is 29.9 Å². The van der Waals surface area contributed by atoms with Crippen LogP contribution in [0.15, 0.2) is 67.0 Å². The molecule has 0 bridgehead atoms. The molecule has 106 valence electrons. The first-order chi connectivity index (χ1) is 10.3. The lowest BCUT2D eigenvalue weighted by molar-refractivity contribution is 0.686. The molecule has 3 rings (SSSR count). The van der Waals surface area contributed by atoms with Crippen molar-refractivity contribution >= 4 is 17.3 Å². The van der Waals surface area contributed by atoms with E-state index in [-0.39, 0.29) is 0 Å². The number of aromatic nitrogens is 2. The van der Waals surface area contributed by atoms with Crippen LogP contribution in [0.2, 0.25) is 5.02 Å². The van der Waals surface area contributed by atoms with Gasteiger partial charge in [-0.15, -0.1) is 0 Å². The second kappa shape index (κ2) is 6.46. The third-order valence-electron chi connectivity index (χ3n) is 3.23. The van der Waals surface area contributed by atoms with Crippen molar-refractivity contribution in [1.29, 1.82) is 0 Å². The third-order valence-corrected chi connectivity index (χ3v) is 3.56. The van der Waals surface area contributed by atoms with Gasteiger partial charge in [0.05, 0.1) is 23.5 Å². The van der Waals surface area contributed by atoms with Crippen LogP contribution in [0.3, 0.4) is 0 Å². The molecule has 2 aromatic carbocycles. The summed E-state index contributed by atoms with van der Waals surface area (Å²) in [4.78, 5) is 0. The number of nitrogens with zero attached hydrogens (tertiary/aromatic N) is 2. The van der Waals surface area contributed by atoms with Crippen molar-refractivity contribution in [2.75, 3.05) is 5.32 Å². The highest BCUT2D eigenvalue weighted by Crippen LogP contribution is 2.21. The number of para-hydroxylation sites is 1. The first kappa shape index (κ1) is 13.7. The van der Waals surface area contributed by atoms with Gasteiger partial charge >= 0.3 is 0 Å². The van der Waals surface area contributed by atoms with Crippen molar-refractivity contribution in [3.8, 4) is 0 Å². The van der Waals surface area contributed by atoms with Crippen molar-refractivity contribution in [1.82, 2.24) is 9.78 Å². The zero-order valence-corrected chi connectivity index (χ0v) is 12.3.